The number of hydrogen-bond acceptors (Lipinski definition) is 9. The lowest BCUT2D eigenvalue weighted by Gasteiger charge is -2.34. The summed E-state index contributed by atoms with van der Waals surface area (Å²) >= 11 is 1.11. The fourth-order valence-electron chi connectivity index (χ4n) is 3.28. The van der Waals surface area contributed by atoms with Crippen LogP contribution in [0.4, 0.5) is 0 Å². The molecule has 1 N–H and O–H groups in total. The molecule has 0 unspecified atom stereocenters. The predicted octanol–water partition coefficient (Wildman–Crippen LogP) is 1.43. The Kier molecular flexibility index (Phi) is 6.84. The van der Waals surface area contributed by atoms with Crippen LogP contribution >= 0.6 is 11.3 Å². The molecule has 10 nitrogen and oxygen atoms in total. The number of rotatable bonds is 8. The first-order valence-corrected chi connectivity index (χ1v) is 12.3. The number of carbonyl (C=O) groups excluding carboxylic acids is 1. The number of nitrogens with one attached hydrogen (secondary N) is 1. The molecule has 3 heterocycles. The lowest BCUT2D eigenvalue weighted by molar-refractivity contribution is -0.131. The summed E-state index contributed by atoms with van der Waals surface area (Å²) in [6.45, 7) is 2.48. The zero-order valence-corrected chi connectivity index (χ0v) is 19.1. The van der Waals surface area contributed by atoms with Crippen LogP contribution in [0.1, 0.15) is 5.89 Å². The standard InChI is InChI=1S/C20H23N5O5S2/c1-29-16-6-4-15(5-7-16)20-22-17(30-23-20)14-24-8-10-25(11-9-24)18(26)13-21-32(27,28)19-3-2-12-31-19/h2-7,12,21H,8-11,13-14H2,1H3. The molecule has 12 heteroatoms. The molecule has 4 rings (SSSR count). The first-order chi connectivity index (χ1) is 15.4. The summed E-state index contributed by atoms with van der Waals surface area (Å²) in [5, 5.41) is 5.72. The zero-order valence-electron chi connectivity index (χ0n) is 17.4. The van der Waals surface area contributed by atoms with Gasteiger partial charge < -0.3 is 14.2 Å². The van der Waals surface area contributed by atoms with E-state index in [4.69, 9.17) is 9.26 Å². The van der Waals surface area contributed by atoms with E-state index in [0.717, 1.165) is 22.6 Å². The number of ether oxygens (including phenoxy) is 1. The van der Waals surface area contributed by atoms with Crippen LogP contribution in [0.15, 0.2) is 50.5 Å². The third kappa shape index (κ3) is 5.33. The van der Waals surface area contributed by atoms with Gasteiger partial charge in [0.25, 0.3) is 10.0 Å². The average molecular weight is 478 g/mol. The van der Waals surface area contributed by atoms with Gasteiger partial charge in [-0.2, -0.15) is 4.98 Å². The maximum Gasteiger partial charge on any atom is 0.250 e. The van der Waals surface area contributed by atoms with Crippen molar-refractivity contribution in [1.82, 2.24) is 24.7 Å². The van der Waals surface area contributed by atoms with Crippen molar-refractivity contribution in [3.05, 3.63) is 47.7 Å². The summed E-state index contributed by atoms with van der Waals surface area (Å²) in [6, 6.07) is 10.6. The summed E-state index contributed by atoms with van der Waals surface area (Å²) < 4.78 is 37.4. The Morgan fingerprint density at radius 1 is 1.19 bits per heavy atom. The number of benzene rings is 1. The van der Waals surface area contributed by atoms with Crippen LogP contribution in [0.2, 0.25) is 0 Å². The number of methoxy groups -OCH3 is 1. The van der Waals surface area contributed by atoms with Crippen molar-refractivity contribution < 1.29 is 22.5 Å². The van der Waals surface area contributed by atoms with Crippen LogP contribution < -0.4 is 9.46 Å². The highest BCUT2D eigenvalue weighted by Crippen LogP contribution is 2.20. The van der Waals surface area contributed by atoms with Gasteiger partial charge in [-0.25, -0.2) is 13.1 Å². The summed E-state index contributed by atoms with van der Waals surface area (Å²) in [6.07, 6.45) is 0. The maximum absolute atomic E-state index is 12.4. The van der Waals surface area contributed by atoms with Gasteiger partial charge in [0.05, 0.1) is 20.2 Å². The molecule has 170 valence electrons. The minimum Gasteiger partial charge on any atom is -0.497 e. The number of aromatic nitrogens is 2. The summed E-state index contributed by atoms with van der Waals surface area (Å²) in [4.78, 5) is 20.6. The second-order valence-corrected chi connectivity index (χ2v) is 10.1. The first-order valence-electron chi connectivity index (χ1n) is 9.95. The van der Waals surface area contributed by atoms with E-state index < -0.39 is 10.0 Å². The third-order valence-electron chi connectivity index (χ3n) is 5.07. The number of sulfonamides is 1. The maximum atomic E-state index is 12.4. The van der Waals surface area contributed by atoms with Crippen LogP contribution in [-0.2, 0) is 21.4 Å². The van der Waals surface area contributed by atoms with Gasteiger partial charge in [-0.1, -0.05) is 11.2 Å². The lowest BCUT2D eigenvalue weighted by atomic mass is 10.2. The van der Waals surface area contributed by atoms with Crippen LogP contribution in [-0.4, -0.2) is 74.1 Å². The van der Waals surface area contributed by atoms with Gasteiger partial charge in [0, 0.05) is 31.7 Å². The smallest absolute Gasteiger partial charge is 0.250 e. The highest BCUT2D eigenvalue weighted by Gasteiger charge is 2.24. The van der Waals surface area contributed by atoms with Crippen molar-refractivity contribution in [2.24, 2.45) is 0 Å². The van der Waals surface area contributed by atoms with Crippen LogP contribution in [0.25, 0.3) is 11.4 Å². The van der Waals surface area contributed by atoms with Crippen LogP contribution in [0, 0.1) is 0 Å². The monoisotopic (exact) mass is 477 g/mol. The van der Waals surface area contributed by atoms with Crippen molar-refractivity contribution in [2.45, 2.75) is 10.8 Å². The molecule has 1 aliphatic rings. The Balaban J connectivity index is 1.25. The van der Waals surface area contributed by atoms with E-state index in [9.17, 15) is 13.2 Å². The van der Waals surface area contributed by atoms with Gasteiger partial charge in [-0.3, -0.25) is 9.69 Å². The second-order valence-electron chi connectivity index (χ2n) is 7.15. The van der Waals surface area contributed by atoms with Gasteiger partial charge in [0.15, 0.2) is 0 Å². The number of amides is 1. The Labute approximate surface area is 189 Å². The van der Waals surface area contributed by atoms with E-state index in [2.05, 4.69) is 19.8 Å². The number of hydrogen-bond donors (Lipinski definition) is 1. The van der Waals surface area contributed by atoms with E-state index in [0.29, 0.717) is 44.4 Å². The molecule has 1 saturated heterocycles. The number of carbonyl (C=O) groups is 1. The molecule has 1 aliphatic heterocycles. The van der Waals surface area contributed by atoms with Crippen LogP contribution in [0.5, 0.6) is 5.75 Å². The largest absolute Gasteiger partial charge is 0.497 e. The molecule has 0 atom stereocenters. The van der Waals surface area contributed by atoms with Crippen molar-refractivity contribution in [3.63, 3.8) is 0 Å². The molecular weight excluding hydrogens is 454 g/mol. The van der Waals surface area contributed by atoms with Gasteiger partial charge >= 0.3 is 0 Å². The first kappa shape index (κ1) is 22.4. The van der Waals surface area contributed by atoms with Crippen molar-refractivity contribution >= 4 is 27.3 Å². The second kappa shape index (κ2) is 9.77. The Hall–Kier alpha value is -2.80. The third-order valence-corrected chi connectivity index (χ3v) is 7.87. The van der Waals surface area contributed by atoms with Gasteiger partial charge in [0.1, 0.15) is 9.96 Å². The van der Waals surface area contributed by atoms with Gasteiger partial charge in [-0.05, 0) is 35.7 Å². The average Bonchev–Trinajstić information content (AvgIpc) is 3.51. The fraction of sp³-hybridized carbons (Fsp3) is 0.350. The van der Waals surface area contributed by atoms with E-state index in [-0.39, 0.29) is 16.7 Å². The number of nitrogens with zero attached hydrogens (tertiary/aromatic N) is 4. The topological polar surface area (TPSA) is 118 Å². The van der Waals surface area contributed by atoms with E-state index >= 15 is 0 Å². The van der Waals surface area contributed by atoms with E-state index in [1.807, 2.05) is 24.3 Å². The van der Waals surface area contributed by atoms with Crippen molar-refractivity contribution in [1.29, 1.82) is 0 Å². The zero-order chi connectivity index (χ0) is 22.6. The number of thiophene rings is 1. The number of piperazine rings is 1. The van der Waals surface area contributed by atoms with Crippen molar-refractivity contribution in [2.75, 3.05) is 39.8 Å². The molecule has 1 aromatic carbocycles. The molecular formula is C20H23N5O5S2. The molecule has 0 radical (unpaired) electrons. The molecule has 0 aliphatic carbocycles. The quantitative estimate of drug-likeness (QED) is 0.518. The van der Waals surface area contributed by atoms with Gasteiger partial charge in [0.2, 0.25) is 17.6 Å². The van der Waals surface area contributed by atoms with Crippen LogP contribution in [0.3, 0.4) is 0 Å². The summed E-state index contributed by atoms with van der Waals surface area (Å²) in [5.74, 6) is 1.52. The summed E-state index contributed by atoms with van der Waals surface area (Å²) in [5.41, 5.74) is 0.834. The summed E-state index contributed by atoms with van der Waals surface area (Å²) in [7, 11) is -2.04. The normalized spacial score (nSPS) is 15.1. The molecule has 0 saturated carbocycles. The highest BCUT2D eigenvalue weighted by molar-refractivity contribution is 7.91. The van der Waals surface area contributed by atoms with Gasteiger partial charge in [-0.15, -0.1) is 11.3 Å². The molecule has 1 fully saturated rings. The fourth-order valence-corrected chi connectivity index (χ4v) is 5.29. The molecule has 1 amide bonds. The minimum absolute atomic E-state index is 0.198. The molecule has 0 spiro atoms. The molecule has 32 heavy (non-hydrogen) atoms. The molecule has 0 bridgehead atoms. The molecule has 3 aromatic rings. The Morgan fingerprint density at radius 3 is 2.59 bits per heavy atom. The predicted molar refractivity (Wildman–Crippen MR) is 118 cm³/mol. The highest BCUT2D eigenvalue weighted by atomic mass is 32.2. The van der Waals surface area contributed by atoms with Crippen molar-refractivity contribution in [3.8, 4) is 17.1 Å². The molecule has 2 aromatic heterocycles. The SMILES string of the molecule is COc1ccc(-c2noc(CN3CCN(C(=O)CNS(=O)(=O)c4cccs4)CC3)n2)cc1. The minimum atomic E-state index is -3.65. The van der Waals surface area contributed by atoms with E-state index in [1.165, 1.54) is 6.07 Å². The van der Waals surface area contributed by atoms with E-state index in [1.54, 1.807) is 23.5 Å². The Bertz CT molecular complexity index is 1140. The Morgan fingerprint density at radius 2 is 1.94 bits per heavy atom. The lowest BCUT2D eigenvalue weighted by Crippen LogP contribution is -2.50.